The van der Waals surface area contributed by atoms with Crippen LogP contribution in [0.25, 0.3) is 0 Å². The van der Waals surface area contributed by atoms with Crippen molar-refractivity contribution in [2.45, 2.75) is 19.1 Å². The fourth-order valence-corrected chi connectivity index (χ4v) is 1.28. The van der Waals surface area contributed by atoms with E-state index in [0.29, 0.717) is 0 Å². The van der Waals surface area contributed by atoms with Gasteiger partial charge >= 0.3 is 18.2 Å². The summed E-state index contributed by atoms with van der Waals surface area (Å²) in [5, 5.41) is 8.57. The highest BCUT2D eigenvalue weighted by Gasteiger charge is 2.30. The van der Waals surface area contributed by atoms with Crippen LogP contribution in [0.2, 0.25) is 0 Å². The second-order valence-electron chi connectivity index (χ2n) is 4.25. The summed E-state index contributed by atoms with van der Waals surface area (Å²) < 4.78 is 40.8. The Labute approximate surface area is 135 Å². The van der Waals surface area contributed by atoms with Crippen molar-refractivity contribution in [2.24, 2.45) is 5.73 Å². The molecule has 0 aromatic heterocycles. The van der Waals surface area contributed by atoms with Crippen molar-refractivity contribution in [3.05, 3.63) is 29.8 Å². The Morgan fingerprint density at radius 3 is 2.09 bits per heavy atom. The summed E-state index contributed by atoms with van der Waals surface area (Å²) in [6.45, 7) is 1.54. The molecule has 0 saturated heterocycles. The molecule has 0 radical (unpaired) electrons. The molecule has 23 heavy (non-hydrogen) atoms. The standard InChI is InChI=1S/C9H8F3NO2.C4H8ClNO2/c1-13(8(14)15)7-4-2-6(3-5-7)9(10,11)12;1-3(6)4(7)8-2-5/h2-5H,1H3,(H,14,15);3H,2,6H2,1H3/t;3-/m.0/s1. The molecule has 0 fully saturated rings. The Morgan fingerprint density at radius 1 is 1.35 bits per heavy atom. The van der Waals surface area contributed by atoms with Crippen LogP contribution in [-0.2, 0) is 15.7 Å². The fraction of sp³-hybridized carbons (Fsp3) is 0.385. The number of nitrogens with two attached hydrogens (primary N) is 1. The molecule has 1 aromatic rings. The van der Waals surface area contributed by atoms with Gasteiger partial charge in [0.2, 0.25) is 0 Å². The van der Waals surface area contributed by atoms with Crippen LogP contribution in [0.5, 0.6) is 0 Å². The number of carboxylic acid groups (broad SMARTS) is 1. The SMILES string of the molecule is CN(C(=O)O)c1ccc(C(F)(F)F)cc1.C[C@H](N)C(=O)OCCl. The molecule has 130 valence electrons. The van der Waals surface area contributed by atoms with Gasteiger partial charge in [0.05, 0.1) is 5.56 Å². The number of carbonyl (C=O) groups excluding carboxylic acids is 1. The zero-order chi connectivity index (χ0) is 18.2. The molecule has 1 atom stereocenters. The number of amides is 1. The Hall–Kier alpha value is -2.00. The maximum Gasteiger partial charge on any atom is 0.416 e. The first-order chi connectivity index (χ1) is 10.5. The lowest BCUT2D eigenvalue weighted by atomic mass is 10.2. The van der Waals surface area contributed by atoms with E-state index < -0.39 is 29.8 Å². The predicted octanol–water partition coefficient (Wildman–Crippen LogP) is 2.89. The van der Waals surface area contributed by atoms with E-state index in [0.717, 1.165) is 29.2 Å². The summed E-state index contributed by atoms with van der Waals surface area (Å²) in [6.07, 6.45) is -5.63. The molecular weight excluding hydrogens is 341 g/mol. The van der Waals surface area contributed by atoms with Crippen molar-refractivity contribution in [3.63, 3.8) is 0 Å². The third-order valence-corrected chi connectivity index (χ3v) is 2.55. The van der Waals surface area contributed by atoms with Crippen LogP contribution in [0.4, 0.5) is 23.7 Å². The van der Waals surface area contributed by atoms with Gasteiger partial charge in [-0.25, -0.2) is 4.79 Å². The number of nitrogens with zero attached hydrogens (tertiary/aromatic N) is 1. The molecule has 0 aliphatic carbocycles. The van der Waals surface area contributed by atoms with Crippen LogP contribution in [0, 0.1) is 0 Å². The normalized spacial score (nSPS) is 11.8. The van der Waals surface area contributed by atoms with Crippen LogP contribution < -0.4 is 10.6 Å². The molecule has 0 unspecified atom stereocenters. The van der Waals surface area contributed by atoms with E-state index in [9.17, 15) is 22.8 Å². The quantitative estimate of drug-likeness (QED) is 0.641. The van der Waals surface area contributed by atoms with E-state index in [4.69, 9.17) is 22.4 Å². The number of esters is 1. The summed E-state index contributed by atoms with van der Waals surface area (Å²) in [5.74, 6) is -0.472. The first-order valence-corrected chi connectivity index (χ1v) is 6.66. The monoisotopic (exact) mass is 356 g/mol. The summed E-state index contributed by atoms with van der Waals surface area (Å²) >= 11 is 5.04. The number of hydrogen-bond donors (Lipinski definition) is 2. The van der Waals surface area contributed by atoms with Crippen molar-refractivity contribution in [3.8, 4) is 0 Å². The van der Waals surface area contributed by atoms with Crippen molar-refractivity contribution in [2.75, 3.05) is 18.0 Å². The molecular formula is C13H16ClF3N2O4. The topological polar surface area (TPSA) is 92.9 Å². The molecule has 6 nitrogen and oxygen atoms in total. The van der Waals surface area contributed by atoms with Crippen molar-refractivity contribution in [1.82, 2.24) is 0 Å². The van der Waals surface area contributed by atoms with Gasteiger partial charge in [-0.15, -0.1) is 0 Å². The molecule has 3 N–H and O–H groups in total. The highest BCUT2D eigenvalue weighted by Crippen LogP contribution is 2.30. The summed E-state index contributed by atoms with van der Waals surface area (Å²) in [6, 6.07) is 3.20. The fourth-order valence-electron chi connectivity index (χ4n) is 1.17. The number of anilines is 1. The molecule has 0 bridgehead atoms. The minimum Gasteiger partial charge on any atom is -0.465 e. The molecule has 1 rings (SSSR count). The molecule has 0 spiro atoms. The largest absolute Gasteiger partial charge is 0.465 e. The minimum absolute atomic E-state index is 0.125. The highest BCUT2D eigenvalue weighted by molar-refractivity contribution is 6.17. The second-order valence-corrected chi connectivity index (χ2v) is 4.47. The minimum atomic E-state index is -4.40. The molecule has 0 aliphatic heterocycles. The van der Waals surface area contributed by atoms with E-state index in [-0.39, 0.29) is 11.8 Å². The van der Waals surface area contributed by atoms with Crippen LogP contribution in [0.1, 0.15) is 12.5 Å². The van der Waals surface area contributed by atoms with Gasteiger partial charge in [-0.05, 0) is 31.2 Å². The number of alkyl halides is 4. The van der Waals surface area contributed by atoms with Crippen LogP contribution in [0.3, 0.4) is 0 Å². The van der Waals surface area contributed by atoms with Crippen LogP contribution >= 0.6 is 11.6 Å². The smallest absolute Gasteiger partial charge is 0.416 e. The van der Waals surface area contributed by atoms with Crippen LogP contribution in [0.15, 0.2) is 24.3 Å². The van der Waals surface area contributed by atoms with Gasteiger partial charge in [0.25, 0.3) is 0 Å². The zero-order valence-electron chi connectivity index (χ0n) is 12.3. The van der Waals surface area contributed by atoms with Gasteiger partial charge in [-0.3, -0.25) is 9.69 Å². The van der Waals surface area contributed by atoms with Crippen molar-refractivity contribution in [1.29, 1.82) is 0 Å². The predicted molar refractivity (Wildman–Crippen MR) is 78.3 cm³/mol. The van der Waals surface area contributed by atoms with Gasteiger partial charge in [0.1, 0.15) is 6.04 Å². The summed E-state index contributed by atoms with van der Waals surface area (Å²) in [7, 11) is 1.25. The molecule has 0 heterocycles. The number of halogens is 4. The number of hydrogen-bond acceptors (Lipinski definition) is 4. The molecule has 0 saturated carbocycles. The Morgan fingerprint density at radius 2 is 1.83 bits per heavy atom. The lowest BCUT2D eigenvalue weighted by Gasteiger charge is -2.14. The van der Waals surface area contributed by atoms with Gasteiger partial charge in [0.15, 0.2) is 6.07 Å². The number of benzene rings is 1. The molecule has 10 heteroatoms. The van der Waals surface area contributed by atoms with Crippen LogP contribution in [-0.4, -0.2) is 36.3 Å². The van der Waals surface area contributed by atoms with Gasteiger partial charge < -0.3 is 15.6 Å². The van der Waals surface area contributed by atoms with Gasteiger partial charge in [-0.2, -0.15) is 13.2 Å². The van der Waals surface area contributed by atoms with Gasteiger partial charge in [-0.1, -0.05) is 11.6 Å². The van der Waals surface area contributed by atoms with E-state index >= 15 is 0 Å². The van der Waals surface area contributed by atoms with Gasteiger partial charge in [0, 0.05) is 12.7 Å². The molecule has 1 aromatic carbocycles. The number of rotatable bonds is 3. The maximum atomic E-state index is 12.1. The lowest BCUT2D eigenvalue weighted by Crippen LogP contribution is -2.28. The molecule has 1 amide bonds. The lowest BCUT2D eigenvalue weighted by molar-refractivity contribution is -0.142. The number of carbonyl (C=O) groups is 2. The third kappa shape index (κ3) is 7.71. The average molecular weight is 357 g/mol. The van der Waals surface area contributed by atoms with E-state index in [1.165, 1.54) is 14.0 Å². The first-order valence-electron chi connectivity index (χ1n) is 6.12. The summed E-state index contributed by atoms with van der Waals surface area (Å²) in [5.41, 5.74) is 4.48. The maximum absolute atomic E-state index is 12.1. The Bertz CT molecular complexity index is 521. The zero-order valence-corrected chi connectivity index (χ0v) is 13.1. The van der Waals surface area contributed by atoms with E-state index in [1.54, 1.807) is 0 Å². The summed E-state index contributed by atoms with van der Waals surface area (Å²) in [4.78, 5) is 21.6. The Balaban J connectivity index is 0.000000515. The second kappa shape index (κ2) is 9.21. The van der Waals surface area contributed by atoms with E-state index in [2.05, 4.69) is 4.74 Å². The number of ether oxygens (including phenoxy) is 1. The first kappa shape index (κ1) is 21.0. The Kier molecular flexibility index (Phi) is 8.41. The third-order valence-electron chi connectivity index (χ3n) is 2.44. The van der Waals surface area contributed by atoms with E-state index in [1.807, 2.05) is 0 Å². The van der Waals surface area contributed by atoms with Crippen molar-refractivity contribution >= 4 is 29.4 Å². The van der Waals surface area contributed by atoms with Crippen molar-refractivity contribution < 1.29 is 32.6 Å². The average Bonchev–Trinajstić information content (AvgIpc) is 2.46. The highest BCUT2D eigenvalue weighted by atomic mass is 35.5. The molecule has 0 aliphatic rings.